The second kappa shape index (κ2) is 10.2. The van der Waals surface area contributed by atoms with Crippen molar-refractivity contribution in [2.75, 3.05) is 46.7 Å². The van der Waals surface area contributed by atoms with Crippen molar-refractivity contribution in [3.05, 3.63) is 53.6 Å². The summed E-state index contributed by atoms with van der Waals surface area (Å²) in [4.78, 5) is 5.01. The lowest BCUT2D eigenvalue weighted by Crippen LogP contribution is -2.53. The van der Waals surface area contributed by atoms with Crippen LogP contribution < -0.4 is 14.2 Å². The molecular weight excluding hydrogens is 380 g/mol. The number of aliphatic hydroxyl groups excluding tert-OH is 1. The van der Waals surface area contributed by atoms with Crippen LogP contribution in [-0.4, -0.2) is 67.6 Å². The van der Waals surface area contributed by atoms with Gasteiger partial charge in [-0.1, -0.05) is 30.3 Å². The molecule has 2 aromatic carbocycles. The average Bonchev–Trinajstić information content (AvgIpc) is 3.24. The highest BCUT2D eigenvalue weighted by atomic mass is 16.7. The zero-order chi connectivity index (χ0) is 20.8. The minimum absolute atomic E-state index is 0.228. The van der Waals surface area contributed by atoms with Gasteiger partial charge < -0.3 is 19.3 Å². The van der Waals surface area contributed by atoms with E-state index in [0.717, 1.165) is 69.0 Å². The molecule has 2 aromatic rings. The summed E-state index contributed by atoms with van der Waals surface area (Å²) in [5.74, 6) is 2.19. The van der Waals surface area contributed by atoms with Crippen LogP contribution in [-0.2, 0) is 13.0 Å². The largest absolute Gasteiger partial charge is 0.493 e. The van der Waals surface area contributed by atoms with Crippen molar-refractivity contribution in [2.24, 2.45) is 0 Å². The van der Waals surface area contributed by atoms with Gasteiger partial charge in [-0.25, -0.2) is 0 Å². The zero-order valence-corrected chi connectivity index (χ0v) is 17.8. The predicted molar refractivity (Wildman–Crippen MR) is 116 cm³/mol. The van der Waals surface area contributed by atoms with Gasteiger partial charge in [-0.2, -0.15) is 0 Å². The van der Waals surface area contributed by atoms with Crippen LogP contribution in [0.1, 0.15) is 24.0 Å². The first-order chi connectivity index (χ1) is 14.8. The van der Waals surface area contributed by atoms with Crippen LogP contribution in [0.4, 0.5) is 0 Å². The highest BCUT2D eigenvalue weighted by Gasteiger charge is 2.27. The molecule has 0 radical (unpaired) electrons. The molecule has 0 spiro atoms. The second-order valence-electron chi connectivity index (χ2n) is 8.06. The number of fused-ring (bicyclic) bond motifs is 1. The highest BCUT2D eigenvalue weighted by molar-refractivity contribution is 5.55. The third-order valence-electron chi connectivity index (χ3n) is 6.03. The summed E-state index contributed by atoms with van der Waals surface area (Å²) in [5.41, 5.74) is 2.56. The summed E-state index contributed by atoms with van der Waals surface area (Å²) in [6, 6.07) is 15.2. The summed E-state index contributed by atoms with van der Waals surface area (Å²) in [5, 5.41) is 9.60. The van der Waals surface area contributed by atoms with Crippen molar-refractivity contribution in [3.8, 4) is 17.2 Å². The third kappa shape index (κ3) is 5.06. The molecule has 1 fully saturated rings. The minimum Gasteiger partial charge on any atom is -0.493 e. The molecule has 0 amide bonds. The zero-order valence-electron chi connectivity index (χ0n) is 17.8. The normalized spacial score (nSPS) is 19.2. The maximum absolute atomic E-state index is 9.60. The highest BCUT2D eigenvalue weighted by Crippen LogP contribution is 2.42. The fourth-order valence-electron chi connectivity index (χ4n) is 4.48. The molecule has 0 bridgehead atoms. The lowest BCUT2D eigenvalue weighted by atomic mass is 10.1. The Kier molecular flexibility index (Phi) is 7.10. The SMILES string of the molecule is COc1cc(CN2CCN(CCCc3ccccc3)C(CCO)C2)cc2c1OCO2. The summed E-state index contributed by atoms with van der Waals surface area (Å²) in [7, 11) is 1.66. The van der Waals surface area contributed by atoms with E-state index in [0.29, 0.717) is 11.8 Å². The molecule has 1 atom stereocenters. The first kappa shape index (κ1) is 21.0. The minimum atomic E-state index is 0.228. The van der Waals surface area contributed by atoms with Gasteiger partial charge in [0.25, 0.3) is 0 Å². The predicted octanol–water partition coefficient (Wildman–Crippen LogP) is 2.93. The summed E-state index contributed by atoms with van der Waals surface area (Å²) in [6.45, 7) is 5.40. The van der Waals surface area contributed by atoms with Crippen LogP contribution in [0.15, 0.2) is 42.5 Å². The van der Waals surface area contributed by atoms with Gasteiger partial charge in [0.1, 0.15) is 0 Å². The number of piperazine rings is 1. The van der Waals surface area contributed by atoms with Crippen molar-refractivity contribution >= 4 is 0 Å². The Morgan fingerprint density at radius 2 is 1.97 bits per heavy atom. The Morgan fingerprint density at radius 1 is 1.10 bits per heavy atom. The quantitative estimate of drug-likeness (QED) is 0.684. The van der Waals surface area contributed by atoms with E-state index < -0.39 is 0 Å². The van der Waals surface area contributed by atoms with E-state index in [1.165, 1.54) is 5.56 Å². The van der Waals surface area contributed by atoms with Crippen molar-refractivity contribution in [3.63, 3.8) is 0 Å². The lowest BCUT2D eigenvalue weighted by Gasteiger charge is -2.41. The van der Waals surface area contributed by atoms with Crippen molar-refractivity contribution in [1.29, 1.82) is 0 Å². The van der Waals surface area contributed by atoms with Gasteiger partial charge >= 0.3 is 0 Å². The summed E-state index contributed by atoms with van der Waals surface area (Å²) < 4.78 is 16.5. The molecular formula is C24H32N2O4. The van der Waals surface area contributed by atoms with Gasteiger partial charge in [-0.3, -0.25) is 9.80 Å². The number of methoxy groups -OCH3 is 1. The smallest absolute Gasteiger partial charge is 0.231 e. The number of benzene rings is 2. The second-order valence-corrected chi connectivity index (χ2v) is 8.06. The summed E-state index contributed by atoms with van der Waals surface area (Å²) >= 11 is 0. The van der Waals surface area contributed by atoms with Crippen LogP contribution in [0.2, 0.25) is 0 Å². The Bertz CT molecular complexity index is 814. The van der Waals surface area contributed by atoms with E-state index in [2.05, 4.69) is 46.2 Å². The molecule has 4 rings (SSSR count). The third-order valence-corrected chi connectivity index (χ3v) is 6.03. The van der Waals surface area contributed by atoms with Crippen LogP contribution >= 0.6 is 0 Å². The number of hydrogen-bond donors (Lipinski definition) is 1. The Labute approximate surface area is 179 Å². The van der Waals surface area contributed by atoms with Crippen LogP contribution in [0, 0.1) is 0 Å². The van der Waals surface area contributed by atoms with Crippen molar-refractivity contribution < 1.29 is 19.3 Å². The van der Waals surface area contributed by atoms with E-state index in [-0.39, 0.29) is 13.4 Å². The Hall–Kier alpha value is -2.28. The first-order valence-corrected chi connectivity index (χ1v) is 10.8. The number of rotatable bonds is 9. The number of nitrogens with zero attached hydrogens (tertiary/aromatic N) is 2. The average molecular weight is 413 g/mol. The monoisotopic (exact) mass is 412 g/mol. The van der Waals surface area contributed by atoms with E-state index in [9.17, 15) is 5.11 Å². The van der Waals surface area contributed by atoms with Gasteiger partial charge in [-0.05, 0) is 49.1 Å². The van der Waals surface area contributed by atoms with Gasteiger partial charge in [0.05, 0.1) is 7.11 Å². The Balaban J connectivity index is 1.34. The van der Waals surface area contributed by atoms with Gasteiger partial charge in [0.15, 0.2) is 11.5 Å². The molecule has 162 valence electrons. The molecule has 1 unspecified atom stereocenters. The van der Waals surface area contributed by atoms with Crippen LogP contribution in [0.5, 0.6) is 17.2 Å². The fraction of sp³-hybridized carbons (Fsp3) is 0.500. The molecule has 0 saturated carbocycles. The topological polar surface area (TPSA) is 54.4 Å². The van der Waals surface area contributed by atoms with E-state index in [4.69, 9.17) is 14.2 Å². The maximum Gasteiger partial charge on any atom is 0.231 e. The Morgan fingerprint density at radius 3 is 2.77 bits per heavy atom. The van der Waals surface area contributed by atoms with Gasteiger partial charge in [0, 0.05) is 38.8 Å². The van der Waals surface area contributed by atoms with Crippen LogP contribution in [0.3, 0.4) is 0 Å². The lowest BCUT2D eigenvalue weighted by molar-refractivity contribution is 0.0546. The van der Waals surface area contributed by atoms with Gasteiger partial charge in [-0.15, -0.1) is 0 Å². The summed E-state index contributed by atoms with van der Waals surface area (Å²) in [6.07, 6.45) is 3.06. The number of aliphatic hydroxyl groups is 1. The number of aryl methyl sites for hydroxylation is 1. The molecule has 6 heteroatoms. The molecule has 30 heavy (non-hydrogen) atoms. The molecule has 0 aliphatic carbocycles. The molecule has 2 aliphatic rings. The number of ether oxygens (including phenoxy) is 3. The van der Waals surface area contributed by atoms with Gasteiger partial charge in [0.2, 0.25) is 12.5 Å². The molecule has 2 aliphatic heterocycles. The van der Waals surface area contributed by atoms with E-state index >= 15 is 0 Å². The standard InChI is InChI=1S/C24H32N2O4/c1-28-22-14-20(15-23-24(22)30-18-29-23)16-25-11-12-26(21(17-25)9-13-27)10-5-8-19-6-3-2-4-7-19/h2-4,6-7,14-15,21,27H,5,8-13,16-18H2,1H3. The molecule has 1 N–H and O–H groups in total. The first-order valence-electron chi connectivity index (χ1n) is 10.8. The van der Waals surface area contributed by atoms with Crippen molar-refractivity contribution in [1.82, 2.24) is 9.80 Å². The molecule has 2 heterocycles. The fourth-order valence-corrected chi connectivity index (χ4v) is 4.48. The number of hydrogen-bond acceptors (Lipinski definition) is 6. The van der Waals surface area contributed by atoms with E-state index in [1.807, 2.05) is 6.07 Å². The van der Waals surface area contributed by atoms with Crippen LogP contribution in [0.25, 0.3) is 0 Å². The van der Waals surface area contributed by atoms with E-state index in [1.54, 1.807) is 7.11 Å². The molecule has 1 saturated heterocycles. The molecule has 6 nitrogen and oxygen atoms in total. The van der Waals surface area contributed by atoms with Crippen molar-refractivity contribution in [2.45, 2.75) is 31.8 Å². The maximum atomic E-state index is 9.60. The molecule has 0 aromatic heterocycles.